The fourth-order valence-electron chi connectivity index (χ4n) is 3.52. The van der Waals surface area contributed by atoms with Crippen LogP contribution in [-0.2, 0) is 0 Å². The fraction of sp³-hybridized carbons (Fsp3) is 0.0455. The van der Waals surface area contributed by atoms with Gasteiger partial charge in [0.2, 0.25) is 0 Å². The lowest BCUT2D eigenvalue weighted by atomic mass is 10.1. The van der Waals surface area contributed by atoms with Gasteiger partial charge in [0.1, 0.15) is 16.3 Å². The standard InChI is InChI=1S/C22H13ClFN3O3S/c1-30-12-5-6-14(23)13(7-12)18-8-16-20(31-18)21(28)27(22(29)26-16)17-10-25-9-11-3-2-4-15(24)19(11)17/h2-10H,1H3,(H,26,29). The summed E-state index contributed by atoms with van der Waals surface area (Å²) < 4.78 is 21.0. The molecule has 0 saturated carbocycles. The second-order valence-corrected chi connectivity index (χ2v) is 8.23. The molecule has 0 amide bonds. The van der Waals surface area contributed by atoms with Crippen molar-refractivity contribution in [3.63, 3.8) is 0 Å². The molecule has 0 unspecified atom stereocenters. The number of pyridine rings is 1. The molecule has 5 rings (SSSR count). The van der Waals surface area contributed by atoms with Crippen molar-refractivity contribution < 1.29 is 9.13 Å². The minimum Gasteiger partial charge on any atom is -0.497 e. The number of H-pyrrole nitrogens is 1. The maximum atomic E-state index is 14.6. The third-order valence-electron chi connectivity index (χ3n) is 4.97. The van der Waals surface area contributed by atoms with Gasteiger partial charge in [0.15, 0.2) is 0 Å². The van der Waals surface area contributed by atoms with Crippen molar-refractivity contribution >= 4 is 43.9 Å². The van der Waals surface area contributed by atoms with Crippen molar-refractivity contribution in [3.05, 3.63) is 86.5 Å². The van der Waals surface area contributed by atoms with Crippen molar-refractivity contribution in [2.24, 2.45) is 0 Å². The Kier molecular flexibility index (Phi) is 4.60. The number of methoxy groups -OCH3 is 1. The average molecular weight is 454 g/mol. The van der Waals surface area contributed by atoms with E-state index in [4.69, 9.17) is 16.3 Å². The van der Waals surface area contributed by atoms with E-state index >= 15 is 0 Å². The first kappa shape index (κ1) is 19.5. The molecule has 0 aliphatic heterocycles. The molecule has 0 fully saturated rings. The smallest absolute Gasteiger partial charge is 0.333 e. The summed E-state index contributed by atoms with van der Waals surface area (Å²) in [6.45, 7) is 0. The highest BCUT2D eigenvalue weighted by Gasteiger charge is 2.18. The Balaban J connectivity index is 1.79. The summed E-state index contributed by atoms with van der Waals surface area (Å²) in [6.07, 6.45) is 2.79. The largest absolute Gasteiger partial charge is 0.497 e. The number of halogens is 2. The number of thiophene rings is 1. The highest BCUT2D eigenvalue weighted by atomic mass is 35.5. The highest BCUT2D eigenvalue weighted by Crippen LogP contribution is 2.37. The fourth-order valence-corrected chi connectivity index (χ4v) is 4.87. The first-order valence-electron chi connectivity index (χ1n) is 9.13. The summed E-state index contributed by atoms with van der Waals surface area (Å²) in [4.78, 5) is 33.6. The Morgan fingerprint density at radius 2 is 2.00 bits per heavy atom. The number of hydrogen-bond acceptors (Lipinski definition) is 5. The predicted molar refractivity (Wildman–Crippen MR) is 120 cm³/mol. The second kappa shape index (κ2) is 7.33. The van der Waals surface area contributed by atoms with Gasteiger partial charge in [0.05, 0.1) is 24.5 Å². The summed E-state index contributed by atoms with van der Waals surface area (Å²) in [5.41, 5.74) is -0.119. The van der Waals surface area contributed by atoms with E-state index in [0.717, 1.165) is 4.57 Å². The van der Waals surface area contributed by atoms with Crippen LogP contribution in [0, 0.1) is 5.82 Å². The molecule has 0 atom stereocenters. The van der Waals surface area contributed by atoms with Gasteiger partial charge in [-0.25, -0.2) is 13.8 Å². The zero-order chi connectivity index (χ0) is 21.7. The maximum absolute atomic E-state index is 14.6. The maximum Gasteiger partial charge on any atom is 0.333 e. The lowest BCUT2D eigenvalue weighted by Gasteiger charge is -2.08. The normalized spacial score (nSPS) is 11.3. The minimum absolute atomic E-state index is 0.0816. The zero-order valence-electron chi connectivity index (χ0n) is 16.0. The summed E-state index contributed by atoms with van der Waals surface area (Å²) >= 11 is 7.52. The number of aromatic nitrogens is 3. The summed E-state index contributed by atoms with van der Waals surface area (Å²) in [6, 6.07) is 11.4. The van der Waals surface area contributed by atoms with Crippen LogP contribution in [0.4, 0.5) is 4.39 Å². The second-order valence-electron chi connectivity index (χ2n) is 6.77. The van der Waals surface area contributed by atoms with Crippen LogP contribution in [0.2, 0.25) is 5.02 Å². The minimum atomic E-state index is -0.684. The van der Waals surface area contributed by atoms with Gasteiger partial charge in [-0.05, 0) is 30.3 Å². The molecule has 0 spiro atoms. The van der Waals surface area contributed by atoms with Crippen LogP contribution >= 0.6 is 22.9 Å². The van der Waals surface area contributed by atoms with E-state index < -0.39 is 17.1 Å². The van der Waals surface area contributed by atoms with Crippen LogP contribution in [0.3, 0.4) is 0 Å². The molecule has 1 N–H and O–H groups in total. The Labute approximate surface area is 183 Å². The van der Waals surface area contributed by atoms with E-state index in [1.165, 1.54) is 29.8 Å². The van der Waals surface area contributed by atoms with Gasteiger partial charge in [-0.3, -0.25) is 9.78 Å². The molecule has 0 aliphatic carbocycles. The number of benzene rings is 2. The van der Waals surface area contributed by atoms with Gasteiger partial charge < -0.3 is 9.72 Å². The zero-order valence-corrected chi connectivity index (χ0v) is 17.6. The van der Waals surface area contributed by atoms with Crippen molar-refractivity contribution in [1.82, 2.24) is 14.5 Å². The lowest BCUT2D eigenvalue weighted by molar-refractivity contribution is 0.415. The van der Waals surface area contributed by atoms with Crippen LogP contribution in [-0.4, -0.2) is 21.6 Å². The number of nitrogens with one attached hydrogen (secondary N) is 1. The molecular formula is C22H13ClFN3O3S. The number of ether oxygens (including phenoxy) is 1. The average Bonchev–Trinajstić information content (AvgIpc) is 3.18. The number of aromatic amines is 1. The number of nitrogens with zero attached hydrogens (tertiary/aromatic N) is 2. The molecule has 0 bridgehead atoms. The Morgan fingerprint density at radius 3 is 2.81 bits per heavy atom. The van der Waals surface area contributed by atoms with Crippen LogP contribution in [0.25, 0.3) is 37.1 Å². The quantitative estimate of drug-likeness (QED) is 0.427. The Hall–Kier alpha value is -3.49. The van der Waals surface area contributed by atoms with Gasteiger partial charge in [0, 0.05) is 32.4 Å². The van der Waals surface area contributed by atoms with Crippen molar-refractivity contribution in [3.8, 4) is 21.9 Å². The third kappa shape index (κ3) is 3.11. The van der Waals surface area contributed by atoms with Gasteiger partial charge in [-0.1, -0.05) is 23.7 Å². The number of rotatable bonds is 3. The molecule has 0 radical (unpaired) electrons. The highest BCUT2D eigenvalue weighted by molar-refractivity contribution is 7.22. The summed E-state index contributed by atoms with van der Waals surface area (Å²) in [7, 11) is 1.55. The van der Waals surface area contributed by atoms with Crippen LogP contribution < -0.4 is 16.0 Å². The molecule has 3 aromatic heterocycles. The van der Waals surface area contributed by atoms with Gasteiger partial charge >= 0.3 is 5.69 Å². The van der Waals surface area contributed by atoms with E-state index in [0.29, 0.717) is 36.8 Å². The van der Waals surface area contributed by atoms with Crippen molar-refractivity contribution in [2.75, 3.05) is 7.11 Å². The SMILES string of the molecule is COc1ccc(Cl)c(-c2cc3[nH]c(=O)n(-c4cncc5cccc(F)c45)c(=O)c3s2)c1. The first-order chi connectivity index (χ1) is 15.0. The first-order valence-corrected chi connectivity index (χ1v) is 10.3. The summed E-state index contributed by atoms with van der Waals surface area (Å²) in [5.74, 6) is 0.0661. The molecule has 3 heterocycles. The van der Waals surface area contributed by atoms with Crippen molar-refractivity contribution in [2.45, 2.75) is 0 Å². The van der Waals surface area contributed by atoms with Gasteiger partial charge in [-0.15, -0.1) is 11.3 Å². The number of fused-ring (bicyclic) bond motifs is 2. The molecule has 9 heteroatoms. The van der Waals surface area contributed by atoms with E-state index in [9.17, 15) is 14.0 Å². The van der Waals surface area contributed by atoms with Gasteiger partial charge in [-0.2, -0.15) is 0 Å². The van der Waals surface area contributed by atoms with Crippen LogP contribution in [0.15, 0.2) is 64.4 Å². The molecule has 0 aliphatic rings. The van der Waals surface area contributed by atoms with E-state index in [2.05, 4.69) is 9.97 Å². The Morgan fingerprint density at radius 1 is 1.16 bits per heavy atom. The molecule has 5 aromatic rings. The third-order valence-corrected chi connectivity index (χ3v) is 6.45. The Bertz CT molecular complexity index is 1600. The molecular weight excluding hydrogens is 441 g/mol. The molecule has 6 nitrogen and oxygen atoms in total. The molecule has 0 saturated heterocycles. The van der Waals surface area contributed by atoms with E-state index in [1.54, 1.807) is 43.5 Å². The van der Waals surface area contributed by atoms with Crippen molar-refractivity contribution in [1.29, 1.82) is 0 Å². The molecule has 154 valence electrons. The summed E-state index contributed by atoms with van der Waals surface area (Å²) in [5, 5.41) is 1.12. The lowest BCUT2D eigenvalue weighted by Crippen LogP contribution is -2.33. The molecule has 31 heavy (non-hydrogen) atoms. The topological polar surface area (TPSA) is 77.0 Å². The number of hydrogen-bond donors (Lipinski definition) is 1. The van der Waals surface area contributed by atoms with E-state index in [-0.39, 0.29) is 11.1 Å². The van der Waals surface area contributed by atoms with Crippen LogP contribution in [0.1, 0.15) is 0 Å². The van der Waals surface area contributed by atoms with Gasteiger partial charge in [0.25, 0.3) is 5.56 Å². The van der Waals surface area contributed by atoms with Crippen LogP contribution in [0.5, 0.6) is 5.75 Å². The predicted octanol–water partition coefficient (Wildman–Crippen LogP) is 4.76. The molecule has 2 aromatic carbocycles. The van der Waals surface area contributed by atoms with E-state index in [1.807, 2.05) is 0 Å². The monoisotopic (exact) mass is 453 g/mol.